The summed E-state index contributed by atoms with van der Waals surface area (Å²) in [6, 6.07) is 2.16. The summed E-state index contributed by atoms with van der Waals surface area (Å²) < 4.78 is 1.81. The van der Waals surface area contributed by atoms with Crippen LogP contribution in [0, 0.1) is 17.2 Å². The molecule has 1 unspecified atom stereocenters. The number of nitrogens with zero attached hydrogens (tertiary/aromatic N) is 4. The SMILES string of the molecule is CCCCCn1ncc(C#N)c1N=C1CCC(CCC)C(=O)C1. The first-order valence-electron chi connectivity index (χ1n) is 8.74. The summed E-state index contributed by atoms with van der Waals surface area (Å²) in [5.41, 5.74) is 1.40. The van der Waals surface area contributed by atoms with Gasteiger partial charge in [-0.05, 0) is 25.7 Å². The number of aliphatic imine (C=N–C) groups is 1. The molecule has 2 rings (SSSR count). The van der Waals surface area contributed by atoms with Crippen molar-refractivity contribution in [3.63, 3.8) is 0 Å². The molecule has 5 heteroatoms. The van der Waals surface area contributed by atoms with Gasteiger partial charge in [0, 0.05) is 24.6 Å². The van der Waals surface area contributed by atoms with Crippen molar-refractivity contribution in [2.45, 2.75) is 71.8 Å². The minimum atomic E-state index is 0.198. The lowest BCUT2D eigenvalue weighted by Gasteiger charge is -2.21. The van der Waals surface area contributed by atoms with Crippen molar-refractivity contribution in [3.8, 4) is 6.07 Å². The quantitative estimate of drug-likeness (QED) is 0.708. The number of hydrogen-bond donors (Lipinski definition) is 0. The van der Waals surface area contributed by atoms with Gasteiger partial charge in [0.25, 0.3) is 0 Å². The molecule has 0 N–H and O–H groups in total. The number of ketones is 1. The Hall–Kier alpha value is -1.96. The average Bonchev–Trinajstić information content (AvgIpc) is 2.92. The highest BCUT2D eigenvalue weighted by molar-refractivity contribution is 6.05. The number of Topliss-reactive ketones (excluding diaryl/α,β-unsaturated/α-hetero) is 1. The van der Waals surface area contributed by atoms with Crippen LogP contribution in [-0.2, 0) is 11.3 Å². The summed E-state index contributed by atoms with van der Waals surface area (Å²) in [5.74, 6) is 1.12. The molecule has 23 heavy (non-hydrogen) atoms. The van der Waals surface area contributed by atoms with Gasteiger partial charge in [0.1, 0.15) is 17.4 Å². The van der Waals surface area contributed by atoms with Gasteiger partial charge >= 0.3 is 0 Å². The molecule has 1 aromatic heterocycles. The standard InChI is InChI=1S/C18H26N4O/c1-3-5-6-10-22-18(15(12-19)13-20-22)21-16-9-8-14(7-4-2)17(23)11-16/h13-14H,3-11H2,1-2H3. The Labute approximate surface area is 138 Å². The first-order valence-corrected chi connectivity index (χ1v) is 8.74. The lowest BCUT2D eigenvalue weighted by atomic mass is 9.84. The van der Waals surface area contributed by atoms with E-state index in [1.807, 2.05) is 4.68 Å². The molecule has 0 bridgehead atoms. The molecule has 0 amide bonds. The zero-order chi connectivity index (χ0) is 16.7. The van der Waals surface area contributed by atoms with E-state index in [9.17, 15) is 10.1 Å². The van der Waals surface area contributed by atoms with Crippen LogP contribution in [0.25, 0.3) is 0 Å². The average molecular weight is 314 g/mol. The van der Waals surface area contributed by atoms with Crippen molar-refractivity contribution in [1.29, 1.82) is 5.26 Å². The highest BCUT2D eigenvalue weighted by Crippen LogP contribution is 2.27. The van der Waals surface area contributed by atoms with Gasteiger partial charge in [0.15, 0.2) is 5.82 Å². The Kier molecular flexibility index (Phi) is 6.52. The predicted octanol–water partition coefficient (Wildman–Crippen LogP) is 4.19. The Bertz CT molecular complexity index is 609. The zero-order valence-corrected chi connectivity index (χ0v) is 14.2. The monoisotopic (exact) mass is 314 g/mol. The van der Waals surface area contributed by atoms with Gasteiger partial charge in [0.05, 0.1) is 6.20 Å². The van der Waals surface area contributed by atoms with Gasteiger partial charge < -0.3 is 0 Å². The van der Waals surface area contributed by atoms with Crippen LogP contribution in [0.4, 0.5) is 5.82 Å². The number of carbonyl (C=O) groups excluding carboxylic acids is 1. The van der Waals surface area contributed by atoms with E-state index < -0.39 is 0 Å². The molecule has 1 aromatic rings. The molecular weight excluding hydrogens is 288 g/mol. The molecule has 0 aromatic carbocycles. The third kappa shape index (κ3) is 4.51. The van der Waals surface area contributed by atoms with Gasteiger partial charge in [-0.1, -0.05) is 33.1 Å². The maximum Gasteiger partial charge on any atom is 0.168 e. The summed E-state index contributed by atoms with van der Waals surface area (Å²) in [7, 11) is 0. The smallest absolute Gasteiger partial charge is 0.168 e. The van der Waals surface area contributed by atoms with Gasteiger partial charge in [-0.2, -0.15) is 10.4 Å². The Morgan fingerprint density at radius 2 is 2.22 bits per heavy atom. The maximum absolute atomic E-state index is 12.2. The van der Waals surface area contributed by atoms with Gasteiger partial charge in [-0.3, -0.25) is 4.79 Å². The topological polar surface area (TPSA) is 71.0 Å². The number of aromatic nitrogens is 2. The zero-order valence-electron chi connectivity index (χ0n) is 14.2. The molecule has 1 saturated carbocycles. The van der Waals surface area contributed by atoms with Crippen molar-refractivity contribution in [3.05, 3.63) is 11.8 Å². The second-order valence-corrected chi connectivity index (χ2v) is 6.27. The number of carbonyl (C=O) groups is 1. The Morgan fingerprint density at radius 1 is 1.39 bits per heavy atom. The first-order chi connectivity index (χ1) is 11.2. The van der Waals surface area contributed by atoms with Crippen molar-refractivity contribution in [2.75, 3.05) is 0 Å². The number of nitriles is 1. The van der Waals surface area contributed by atoms with Crippen LogP contribution >= 0.6 is 0 Å². The molecule has 0 saturated heterocycles. The van der Waals surface area contributed by atoms with Crippen molar-refractivity contribution in [1.82, 2.24) is 9.78 Å². The van der Waals surface area contributed by atoms with E-state index in [0.717, 1.165) is 57.2 Å². The molecule has 1 aliphatic rings. The molecule has 1 atom stereocenters. The highest BCUT2D eigenvalue weighted by atomic mass is 16.1. The minimum absolute atomic E-state index is 0.198. The first kappa shape index (κ1) is 17.4. The van der Waals surface area contributed by atoms with Crippen molar-refractivity contribution < 1.29 is 4.79 Å². The third-order valence-corrected chi connectivity index (χ3v) is 4.42. The van der Waals surface area contributed by atoms with Crippen LogP contribution in [0.3, 0.4) is 0 Å². The molecule has 1 aliphatic carbocycles. The highest BCUT2D eigenvalue weighted by Gasteiger charge is 2.25. The molecule has 1 heterocycles. The normalized spacial score (nSPS) is 20.0. The summed E-state index contributed by atoms with van der Waals surface area (Å²) in [6.07, 6.45) is 9.07. The van der Waals surface area contributed by atoms with E-state index in [1.54, 1.807) is 6.20 Å². The minimum Gasteiger partial charge on any atom is -0.299 e. The molecule has 0 aliphatic heterocycles. The summed E-state index contributed by atoms with van der Waals surface area (Å²) in [5, 5.41) is 13.5. The fourth-order valence-corrected chi connectivity index (χ4v) is 3.09. The van der Waals surface area contributed by atoms with E-state index in [0.29, 0.717) is 23.6 Å². The molecule has 124 valence electrons. The number of aryl methyl sites for hydroxylation is 1. The molecule has 5 nitrogen and oxygen atoms in total. The van der Waals surface area contributed by atoms with Gasteiger partial charge in [-0.25, -0.2) is 9.67 Å². The van der Waals surface area contributed by atoms with Crippen molar-refractivity contribution in [2.24, 2.45) is 10.9 Å². The second kappa shape index (κ2) is 8.61. The van der Waals surface area contributed by atoms with E-state index >= 15 is 0 Å². The molecule has 0 spiro atoms. The fourth-order valence-electron chi connectivity index (χ4n) is 3.09. The molecule has 1 fully saturated rings. The number of hydrogen-bond acceptors (Lipinski definition) is 4. The lowest BCUT2D eigenvalue weighted by Crippen LogP contribution is -2.24. The van der Waals surface area contributed by atoms with Crippen LogP contribution in [0.1, 0.15) is 70.8 Å². The lowest BCUT2D eigenvalue weighted by molar-refractivity contribution is -0.122. The van der Waals surface area contributed by atoms with E-state index in [-0.39, 0.29) is 5.92 Å². The largest absolute Gasteiger partial charge is 0.299 e. The van der Waals surface area contributed by atoms with Crippen LogP contribution in [-0.4, -0.2) is 21.3 Å². The summed E-state index contributed by atoms with van der Waals surface area (Å²) >= 11 is 0. The van der Waals surface area contributed by atoms with Crippen LogP contribution in [0.15, 0.2) is 11.2 Å². The molecular formula is C18H26N4O. The van der Waals surface area contributed by atoms with Crippen molar-refractivity contribution >= 4 is 17.3 Å². The van der Waals surface area contributed by atoms with E-state index in [1.165, 1.54) is 0 Å². The van der Waals surface area contributed by atoms with E-state index in [2.05, 4.69) is 30.0 Å². The Balaban J connectivity index is 2.13. The third-order valence-electron chi connectivity index (χ3n) is 4.42. The van der Waals surface area contributed by atoms with Crippen LogP contribution < -0.4 is 0 Å². The van der Waals surface area contributed by atoms with Gasteiger partial charge in [0.2, 0.25) is 0 Å². The Morgan fingerprint density at radius 3 is 2.87 bits per heavy atom. The maximum atomic E-state index is 12.2. The number of unbranched alkanes of at least 4 members (excludes halogenated alkanes) is 2. The second-order valence-electron chi connectivity index (χ2n) is 6.27. The summed E-state index contributed by atoms with van der Waals surface area (Å²) in [4.78, 5) is 16.9. The summed E-state index contributed by atoms with van der Waals surface area (Å²) in [6.45, 7) is 5.05. The fraction of sp³-hybridized carbons (Fsp3) is 0.667. The molecule has 0 radical (unpaired) electrons. The van der Waals surface area contributed by atoms with Crippen LogP contribution in [0.2, 0.25) is 0 Å². The van der Waals surface area contributed by atoms with Gasteiger partial charge in [-0.15, -0.1) is 0 Å². The predicted molar refractivity (Wildman–Crippen MR) is 90.8 cm³/mol. The van der Waals surface area contributed by atoms with Crippen LogP contribution in [0.5, 0.6) is 0 Å². The number of rotatable bonds is 7. The van der Waals surface area contributed by atoms with E-state index in [4.69, 9.17) is 0 Å².